The fourth-order valence-electron chi connectivity index (χ4n) is 2.58. The first-order valence-electron chi connectivity index (χ1n) is 7.63. The zero-order chi connectivity index (χ0) is 16.2. The minimum Gasteiger partial charge on any atom is -0.466 e. The number of hydrogen-bond donors (Lipinski definition) is 1. The van der Waals surface area contributed by atoms with Crippen molar-refractivity contribution in [1.29, 1.82) is 0 Å². The van der Waals surface area contributed by atoms with E-state index in [4.69, 9.17) is 4.42 Å². The molecule has 0 fully saturated rings. The van der Waals surface area contributed by atoms with Crippen molar-refractivity contribution in [3.8, 4) is 11.1 Å². The lowest BCUT2D eigenvalue weighted by Crippen LogP contribution is -2.22. The van der Waals surface area contributed by atoms with Gasteiger partial charge in [0.15, 0.2) is 0 Å². The number of nitrogens with one attached hydrogen (secondary N) is 1. The smallest absolute Gasteiger partial charge is 0.251 e. The van der Waals surface area contributed by atoms with E-state index in [0.717, 1.165) is 28.2 Å². The van der Waals surface area contributed by atoms with E-state index in [1.807, 2.05) is 62.4 Å². The van der Waals surface area contributed by atoms with Crippen molar-refractivity contribution in [3.05, 3.63) is 83.3 Å². The maximum atomic E-state index is 12.2. The van der Waals surface area contributed by atoms with E-state index in [-0.39, 0.29) is 5.91 Å². The quantitative estimate of drug-likeness (QED) is 0.771. The van der Waals surface area contributed by atoms with E-state index in [9.17, 15) is 4.79 Å². The number of amides is 1. The molecule has 0 unspecified atom stereocenters. The molecule has 2 aromatic carbocycles. The van der Waals surface area contributed by atoms with Gasteiger partial charge in [0.05, 0.1) is 0 Å². The number of furan rings is 1. The van der Waals surface area contributed by atoms with Gasteiger partial charge in [0.25, 0.3) is 5.91 Å². The molecule has 3 rings (SSSR count). The van der Waals surface area contributed by atoms with Crippen LogP contribution in [0.1, 0.15) is 27.4 Å². The van der Waals surface area contributed by atoms with Crippen LogP contribution in [-0.2, 0) is 6.54 Å². The van der Waals surface area contributed by atoms with Crippen LogP contribution in [0.25, 0.3) is 11.1 Å². The molecule has 3 aromatic rings. The molecule has 1 heterocycles. The van der Waals surface area contributed by atoms with Gasteiger partial charge in [0.2, 0.25) is 0 Å². The van der Waals surface area contributed by atoms with Crippen LogP contribution in [-0.4, -0.2) is 5.91 Å². The molecule has 1 N–H and O–H groups in total. The van der Waals surface area contributed by atoms with Gasteiger partial charge in [-0.1, -0.05) is 42.5 Å². The summed E-state index contributed by atoms with van der Waals surface area (Å²) in [6.07, 6.45) is 0. The number of aryl methyl sites for hydroxylation is 2. The zero-order valence-corrected chi connectivity index (χ0v) is 13.3. The topological polar surface area (TPSA) is 42.2 Å². The number of carbonyl (C=O) groups is 1. The summed E-state index contributed by atoms with van der Waals surface area (Å²) in [6, 6.07) is 19.7. The van der Waals surface area contributed by atoms with Gasteiger partial charge in [-0.05, 0) is 43.2 Å². The summed E-state index contributed by atoms with van der Waals surface area (Å²) in [5.74, 6) is 1.63. The van der Waals surface area contributed by atoms with E-state index in [0.29, 0.717) is 12.1 Å². The molecule has 0 aliphatic rings. The molecule has 116 valence electrons. The molecule has 1 amide bonds. The van der Waals surface area contributed by atoms with Crippen molar-refractivity contribution in [3.63, 3.8) is 0 Å². The molecule has 3 heteroatoms. The third-order valence-electron chi connectivity index (χ3n) is 3.84. The van der Waals surface area contributed by atoms with Crippen LogP contribution in [0.5, 0.6) is 0 Å². The summed E-state index contributed by atoms with van der Waals surface area (Å²) in [5.41, 5.74) is 3.91. The molecular formula is C20H19NO2. The first-order valence-corrected chi connectivity index (χ1v) is 7.63. The van der Waals surface area contributed by atoms with Gasteiger partial charge < -0.3 is 9.73 Å². The number of hydrogen-bond acceptors (Lipinski definition) is 2. The van der Waals surface area contributed by atoms with E-state index >= 15 is 0 Å². The van der Waals surface area contributed by atoms with Crippen LogP contribution in [0.2, 0.25) is 0 Å². The van der Waals surface area contributed by atoms with Gasteiger partial charge in [-0.25, -0.2) is 0 Å². The molecule has 0 atom stereocenters. The molecule has 0 aliphatic carbocycles. The van der Waals surface area contributed by atoms with Crippen LogP contribution in [0.15, 0.2) is 65.1 Å². The van der Waals surface area contributed by atoms with E-state index < -0.39 is 0 Å². The zero-order valence-electron chi connectivity index (χ0n) is 13.3. The van der Waals surface area contributed by atoms with Crippen molar-refractivity contribution in [2.45, 2.75) is 20.4 Å². The number of carbonyl (C=O) groups excluding carboxylic acids is 1. The highest BCUT2D eigenvalue weighted by atomic mass is 16.3. The lowest BCUT2D eigenvalue weighted by atomic mass is 10.0. The molecular weight excluding hydrogens is 286 g/mol. The lowest BCUT2D eigenvalue weighted by Gasteiger charge is -2.06. The Morgan fingerprint density at radius 2 is 1.61 bits per heavy atom. The van der Waals surface area contributed by atoms with Crippen molar-refractivity contribution in [2.75, 3.05) is 0 Å². The number of benzene rings is 2. The Morgan fingerprint density at radius 3 is 2.22 bits per heavy atom. The minimum absolute atomic E-state index is 0.0807. The SMILES string of the molecule is Cc1cc(CNC(=O)c2ccc(-c3ccccc3)cc2)c(C)o1. The highest BCUT2D eigenvalue weighted by Gasteiger charge is 2.09. The molecule has 0 radical (unpaired) electrons. The largest absolute Gasteiger partial charge is 0.466 e. The molecule has 0 saturated carbocycles. The monoisotopic (exact) mass is 305 g/mol. The van der Waals surface area contributed by atoms with Gasteiger partial charge in [0.1, 0.15) is 11.5 Å². The second-order valence-corrected chi connectivity index (χ2v) is 5.56. The maximum absolute atomic E-state index is 12.2. The molecule has 0 spiro atoms. The third-order valence-corrected chi connectivity index (χ3v) is 3.84. The molecule has 0 aliphatic heterocycles. The first-order chi connectivity index (χ1) is 11.1. The Balaban J connectivity index is 1.67. The average Bonchev–Trinajstić information content (AvgIpc) is 2.91. The molecule has 0 saturated heterocycles. The second-order valence-electron chi connectivity index (χ2n) is 5.56. The van der Waals surface area contributed by atoms with E-state index in [2.05, 4.69) is 17.4 Å². The predicted octanol–water partition coefficient (Wildman–Crippen LogP) is 4.49. The second kappa shape index (κ2) is 6.53. The van der Waals surface area contributed by atoms with E-state index in [1.54, 1.807) is 0 Å². The maximum Gasteiger partial charge on any atom is 0.251 e. The van der Waals surface area contributed by atoms with Gasteiger partial charge in [0, 0.05) is 17.7 Å². The Labute approximate surface area is 136 Å². The van der Waals surface area contributed by atoms with Crippen LogP contribution in [0, 0.1) is 13.8 Å². The Morgan fingerprint density at radius 1 is 0.957 bits per heavy atom. The summed E-state index contributed by atoms with van der Waals surface area (Å²) in [5, 5.41) is 2.93. The summed E-state index contributed by atoms with van der Waals surface area (Å²) < 4.78 is 5.47. The summed E-state index contributed by atoms with van der Waals surface area (Å²) in [7, 11) is 0. The van der Waals surface area contributed by atoms with Gasteiger partial charge in [-0.2, -0.15) is 0 Å². The fraction of sp³-hybridized carbons (Fsp3) is 0.150. The molecule has 0 bridgehead atoms. The van der Waals surface area contributed by atoms with Gasteiger partial charge in [-0.3, -0.25) is 4.79 Å². The van der Waals surface area contributed by atoms with Crippen molar-refractivity contribution in [1.82, 2.24) is 5.32 Å². The summed E-state index contributed by atoms with van der Waals surface area (Å²) >= 11 is 0. The van der Waals surface area contributed by atoms with Crippen LogP contribution >= 0.6 is 0 Å². The molecule has 1 aromatic heterocycles. The Hall–Kier alpha value is -2.81. The minimum atomic E-state index is -0.0807. The summed E-state index contributed by atoms with van der Waals surface area (Å²) in [6.45, 7) is 4.28. The van der Waals surface area contributed by atoms with Crippen molar-refractivity contribution < 1.29 is 9.21 Å². The fourth-order valence-corrected chi connectivity index (χ4v) is 2.58. The Kier molecular flexibility index (Phi) is 4.29. The summed E-state index contributed by atoms with van der Waals surface area (Å²) in [4.78, 5) is 12.2. The van der Waals surface area contributed by atoms with Crippen LogP contribution in [0.4, 0.5) is 0 Å². The lowest BCUT2D eigenvalue weighted by molar-refractivity contribution is 0.0951. The van der Waals surface area contributed by atoms with E-state index in [1.165, 1.54) is 0 Å². The van der Waals surface area contributed by atoms with Crippen LogP contribution in [0.3, 0.4) is 0 Å². The first kappa shape index (κ1) is 15.1. The van der Waals surface area contributed by atoms with Gasteiger partial charge in [-0.15, -0.1) is 0 Å². The van der Waals surface area contributed by atoms with Gasteiger partial charge >= 0.3 is 0 Å². The standard InChI is InChI=1S/C20H19NO2/c1-14-12-19(15(2)23-14)13-21-20(22)18-10-8-17(9-11-18)16-6-4-3-5-7-16/h3-12H,13H2,1-2H3,(H,21,22). The molecule has 3 nitrogen and oxygen atoms in total. The third kappa shape index (κ3) is 3.51. The normalized spacial score (nSPS) is 10.5. The highest BCUT2D eigenvalue weighted by Crippen LogP contribution is 2.19. The molecule has 23 heavy (non-hydrogen) atoms. The highest BCUT2D eigenvalue weighted by molar-refractivity contribution is 5.94. The predicted molar refractivity (Wildman–Crippen MR) is 91.2 cm³/mol. The van der Waals surface area contributed by atoms with Crippen molar-refractivity contribution >= 4 is 5.91 Å². The van der Waals surface area contributed by atoms with Crippen molar-refractivity contribution in [2.24, 2.45) is 0 Å². The Bertz CT molecular complexity index is 801. The van der Waals surface area contributed by atoms with Crippen LogP contribution < -0.4 is 5.32 Å². The number of rotatable bonds is 4. The average molecular weight is 305 g/mol.